The smallest absolute Gasteiger partial charge is 0.151 e. The van der Waals surface area contributed by atoms with Crippen LogP contribution in [-0.4, -0.2) is 14.8 Å². The van der Waals surface area contributed by atoms with Crippen molar-refractivity contribution < 1.29 is 0 Å². The standard InChI is InChI=1S/C11H15N5/c1-2-3-8-6-14-16(7-8)9-4-5-10(12)15-11(9)13/h4-7H,2-3H2,1H3,(H4,12,13,15). The Morgan fingerprint density at radius 2 is 2.12 bits per heavy atom. The number of pyridine rings is 1. The van der Waals surface area contributed by atoms with Crippen LogP contribution in [0.1, 0.15) is 18.9 Å². The van der Waals surface area contributed by atoms with Crippen LogP contribution < -0.4 is 11.5 Å². The summed E-state index contributed by atoms with van der Waals surface area (Å²) in [5, 5.41) is 4.25. The molecule has 5 nitrogen and oxygen atoms in total. The van der Waals surface area contributed by atoms with Gasteiger partial charge in [-0.25, -0.2) is 9.67 Å². The number of nitrogen functional groups attached to an aromatic ring is 2. The molecule has 16 heavy (non-hydrogen) atoms. The highest BCUT2D eigenvalue weighted by Gasteiger charge is 2.05. The van der Waals surface area contributed by atoms with Crippen LogP contribution in [0.25, 0.3) is 5.69 Å². The lowest BCUT2D eigenvalue weighted by Crippen LogP contribution is -2.04. The fraction of sp³-hybridized carbons (Fsp3) is 0.273. The monoisotopic (exact) mass is 217 g/mol. The number of aryl methyl sites for hydroxylation is 1. The second-order valence-corrected chi connectivity index (χ2v) is 3.68. The van der Waals surface area contributed by atoms with Crippen molar-refractivity contribution in [3.63, 3.8) is 0 Å². The fourth-order valence-corrected chi connectivity index (χ4v) is 1.59. The van der Waals surface area contributed by atoms with Gasteiger partial charge in [-0.3, -0.25) is 0 Å². The van der Waals surface area contributed by atoms with Crippen LogP contribution in [0.3, 0.4) is 0 Å². The first-order chi connectivity index (χ1) is 7.70. The van der Waals surface area contributed by atoms with E-state index in [2.05, 4.69) is 17.0 Å². The molecule has 0 atom stereocenters. The summed E-state index contributed by atoms with van der Waals surface area (Å²) in [6, 6.07) is 3.53. The summed E-state index contributed by atoms with van der Waals surface area (Å²) in [6.45, 7) is 2.14. The molecule has 0 unspecified atom stereocenters. The van der Waals surface area contributed by atoms with E-state index < -0.39 is 0 Å². The number of hydrogen-bond acceptors (Lipinski definition) is 4. The van der Waals surface area contributed by atoms with E-state index in [1.807, 2.05) is 18.5 Å². The van der Waals surface area contributed by atoms with E-state index >= 15 is 0 Å². The molecule has 2 heterocycles. The molecule has 0 aromatic carbocycles. The third kappa shape index (κ3) is 1.98. The maximum Gasteiger partial charge on any atom is 0.151 e. The first-order valence-corrected chi connectivity index (χ1v) is 5.26. The van der Waals surface area contributed by atoms with Gasteiger partial charge >= 0.3 is 0 Å². The summed E-state index contributed by atoms with van der Waals surface area (Å²) in [7, 11) is 0. The van der Waals surface area contributed by atoms with Crippen LogP contribution in [0.2, 0.25) is 0 Å². The van der Waals surface area contributed by atoms with Crippen molar-refractivity contribution in [3.05, 3.63) is 30.1 Å². The van der Waals surface area contributed by atoms with Crippen LogP contribution in [0.15, 0.2) is 24.5 Å². The van der Waals surface area contributed by atoms with Crippen LogP contribution in [-0.2, 0) is 6.42 Å². The third-order valence-electron chi connectivity index (χ3n) is 2.35. The summed E-state index contributed by atoms with van der Waals surface area (Å²) in [6.07, 6.45) is 5.93. The summed E-state index contributed by atoms with van der Waals surface area (Å²) in [4.78, 5) is 4.00. The average molecular weight is 217 g/mol. The van der Waals surface area contributed by atoms with Crippen molar-refractivity contribution >= 4 is 11.6 Å². The second-order valence-electron chi connectivity index (χ2n) is 3.68. The molecule has 0 aliphatic heterocycles. The maximum absolute atomic E-state index is 5.78. The van der Waals surface area contributed by atoms with E-state index in [0.29, 0.717) is 11.6 Å². The lowest BCUT2D eigenvalue weighted by molar-refractivity contribution is 0.875. The highest BCUT2D eigenvalue weighted by Crippen LogP contribution is 2.16. The molecule has 84 valence electrons. The van der Waals surface area contributed by atoms with Gasteiger partial charge in [-0.2, -0.15) is 5.10 Å². The van der Waals surface area contributed by atoms with Gasteiger partial charge in [-0.15, -0.1) is 0 Å². The molecule has 0 amide bonds. The minimum atomic E-state index is 0.395. The number of anilines is 2. The van der Waals surface area contributed by atoms with E-state index in [1.54, 1.807) is 10.7 Å². The van der Waals surface area contributed by atoms with Crippen LogP contribution >= 0.6 is 0 Å². The zero-order valence-electron chi connectivity index (χ0n) is 9.22. The minimum Gasteiger partial charge on any atom is -0.384 e. The summed E-state index contributed by atoms with van der Waals surface area (Å²) in [5.41, 5.74) is 13.3. The van der Waals surface area contributed by atoms with Crippen molar-refractivity contribution in [2.24, 2.45) is 0 Å². The Balaban J connectivity index is 2.35. The molecule has 2 rings (SSSR count). The van der Waals surface area contributed by atoms with E-state index in [0.717, 1.165) is 18.5 Å². The Hall–Kier alpha value is -2.04. The predicted octanol–water partition coefficient (Wildman–Crippen LogP) is 1.38. The molecule has 4 N–H and O–H groups in total. The van der Waals surface area contributed by atoms with Crippen molar-refractivity contribution in [1.29, 1.82) is 0 Å². The molecule has 0 fully saturated rings. The Labute approximate surface area is 94.1 Å². The Morgan fingerprint density at radius 1 is 1.31 bits per heavy atom. The maximum atomic E-state index is 5.78. The van der Waals surface area contributed by atoms with Gasteiger partial charge in [0.05, 0.1) is 6.20 Å². The van der Waals surface area contributed by atoms with Gasteiger partial charge in [0.15, 0.2) is 5.82 Å². The number of rotatable bonds is 3. The highest BCUT2D eigenvalue weighted by molar-refractivity contribution is 5.55. The van der Waals surface area contributed by atoms with E-state index in [9.17, 15) is 0 Å². The van der Waals surface area contributed by atoms with Crippen molar-refractivity contribution in [2.75, 3.05) is 11.5 Å². The largest absolute Gasteiger partial charge is 0.384 e. The number of hydrogen-bond donors (Lipinski definition) is 2. The lowest BCUT2D eigenvalue weighted by Gasteiger charge is -2.04. The normalized spacial score (nSPS) is 10.6. The van der Waals surface area contributed by atoms with Gasteiger partial charge in [-0.05, 0) is 24.1 Å². The topological polar surface area (TPSA) is 82.8 Å². The molecule has 0 bridgehead atoms. The number of nitrogens with zero attached hydrogens (tertiary/aromatic N) is 3. The molecular formula is C11H15N5. The molecule has 0 aliphatic rings. The van der Waals surface area contributed by atoms with Crippen LogP contribution in [0.4, 0.5) is 11.6 Å². The van der Waals surface area contributed by atoms with Crippen LogP contribution in [0.5, 0.6) is 0 Å². The Morgan fingerprint density at radius 3 is 2.81 bits per heavy atom. The molecule has 2 aromatic heterocycles. The van der Waals surface area contributed by atoms with Gasteiger partial charge < -0.3 is 11.5 Å². The molecule has 0 saturated carbocycles. The summed E-state index contributed by atoms with van der Waals surface area (Å²) < 4.78 is 1.73. The van der Waals surface area contributed by atoms with Crippen LogP contribution in [0, 0.1) is 0 Å². The molecule has 0 spiro atoms. The zero-order chi connectivity index (χ0) is 11.5. The fourth-order valence-electron chi connectivity index (χ4n) is 1.59. The summed E-state index contributed by atoms with van der Waals surface area (Å²) >= 11 is 0. The van der Waals surface area contributed by atoms with Gasteiger partial charge in [-0.1, -0.05) is 13.3 Å². The first kappa shape index (κ1) is 10.5. The number of nitrogens with two attached hydrogens (primary N) is 2. The summed E-state index contributed by atoms with van der Waals surface area (Å²) in [5.74, 6) is 0.813. The molecule has 0 saturated heterocycles. The second kappa shape index (κ2) is 4.22. The Kier molecular flexibility index (Phi) is 2.76. The molecule has 5 heteroatoms. The first-order valence-electron chi connectivity index (χ1n) is 5.26. The molecular weight excluding hydrogens is 202 g/mol. The Bertz CT molecular complexity index is 489. The van der Waals surface area contributed by atoms with Gasteiger partial charge in [0.1, 0.15) is 11.5 Å². The molecule has 0 aliphatic carbocycles. The molecule has 2 aromatic rings. The zero-order valence-corrected chi connectivity index (χ0v) is 9.22. The quantitative estimate of drug-likeness (QED) is 0.813. The van der Waals surface area contributed by atoms with Gasteiger partial charge in [0, 0.05) is 6.20 Å². The molecule has 0 radical (unpaired) electrons. The average Bonchev–Trinajstić information content (AvgIpc) is 2.67. The van der Waals surface area contributed by atoms with Gasteiger partial charge in [0.2, 0.25) is 0 Å². The van der Waals surface area contributed by atoms with E-state index in [-0.39, 0.29) is 0 Å². The van der Waals surface area contributed by atoms with E-state index in [1.165, 1.54) is 5.56 Å². The van der Waals surface area contributed by atoms with E-state index in [4.69, 9.17) is 11.5 Å². The third-order valence-corrected chi connectivity index (χ3v) is 2.35. The van der Waals surface area contributed by atoms with Crippen molar-refractivity contribution in [1.82, 2.24) is 14.8 Å². The predicted molar refractivity (Wildman–Crippen MR) is 64.2 cm³/mol. The highest BCUT2D eigenvalue weighted by atomic mass is 15.3. The SMILES string of the molecule is CCCc1cnn(-c2ccc(N)nc2N)c1. The lowest BCUT2D eigenvalue weighted by atomic mass is 10.2. The number of aromatic nitrogens is 3. The minimum absolute atomic E-state index is 0.395. The van der Waals surface area contributed by atoms with Gasteiger partial charge in [0.25, 0.3) is 0 Å². The van der Waals surface area contributed by atoms with Crippen molar-refractivity contribution in [2.45, 2.75) is 19.8 Å². The van der Waals surface area contributed by atoms with Crippen molar-refractivity contribution in [3.8, 4) is 5.69 Å².